The van der Waals surface area contributed by atoms with Crippen molar-refractivity contribution < 1.29 is 9.53 Å². The van der Waals surface area contributed by atoms with Gasteiger partial charge in [-0.15, -0.1) is 0 Å². The molecule has 3 fully saturated rings. The zero-order chi connectivity index (χ0) is 19.2. The van der Waals surface area contributed by atoms with Gasteiger partial charge in [0.15, 0.2) is 0 Å². The predicted octanol–water partition coefficient (Wildman–Crippen LogP) is 3.97. The van der Waals surface area contributed by atoms with Crippen LogP contribution < -0.4 is 4.74 Å². The summed E-state index contributed by atoms with van der Waals surface area (Å²) in [6.45, 7) is 4.49. The van der Waals surface area contributed by atoms with Crippen molar-refractivity contribution in [1.29, 1.82) is 0 Å². The average Bonchev–Trinajstić information content (AvgIpc) is 3.05. The minimum atomic E-state index is 0.287. The summed E-state index contributed by atoms with van der Waals surface area (Å²) in [5.41, 5.74) is 1.37. The van der Waals surface area contributed by atoms with E-state index in [0.717, 1.165) is 38.3 Å². The topological polar surface area (TPSA) is 32.8 Å². The van der Waals surface area contributed by atoms with E-state index >= 15 is 0 Å². The lowest BCUT2D eigenvalue weighted by Gasteiger charge is -2.36. The SMILES string of the molecule is O=C(CCCOc1ccccc1)N1C[C@@H]2CC[C@H](C1)N(Cc1ccccc1)C2. The van der Waals surface area contributed by atoms with Gasteiger partial charge in [-0.05, 0) is 42.9 Å². The fraction of sp³-hybridized carbons (Fsp3) is 0.458. The summed E-state index contributed by atoms with van der Waals surface area (Å²) in [6, 6.07) is 21.0. The number of hydrogen-bond donors (Lipinski definition) is 0. The molecule has 148 valence electrons. The molecule has 0 N–H and O–H groups in total. The number of fused-ring (bicyclic) bond motifs is 4. The highest BCUT2D eigenvalue weighted by Gasteiger charge is 2.36. The van der Waals surface area contributed by atoms with Crippen LogP contribution in [0.4, 0.5) is 0 Å². The van der Waals surface area contributed by atoms with E-state index in [1.807, 2.05) is 30.3 Å². The van der Waals surface area contributed by atoms with Crippen molar-refractivity contribution in [3.8, 4) is 5.75 Å². The van der Waals surface area contributed by atoms with E-state index < -0.39 is 0 Å². The second-order valence-electron chi connectivity index (χ2n) is 8.08. The van der Waals surface area contributed by atoms with Gasteiger partial charge in [0, 0.05) is 38.6 Å². The first-order valence-electron chi connectivity index (χ1n) is 10.5. The number of para-hydroxylation sites is 1. The highest BCUT2D eigenvalue weighted by Crippen LogP contribution is 2.29. The third-order valence-electron chi connectivity index (χ3n) is 5.96. The lowest BCUT2D eigenvalue weighted by atomic mass is 9.94. The third-order valence-corrected chi connectivity index (χ3v) is 5.96. The molecule has 4 heteroatoms. The Balaban J connectivity index is 1.27. The van der Waals surface area contributed by atoms with Crippen LogP contribution in [0.25, 0.3) is 0 Å². The lowest BCUT2D eigenvalue weighted by molar-refractivity contribution is -0.131. The molecule has 2 aromatic carbocycles. The largest absolute Gasteiger partial charge is 0.494 e. The maximum Gasteiger partial charge on any atom is 0.222 e. The summed E-state index contributed by atoms with van der Waals surface area (Å²) in [5.74, 6) is 1.77. The van der Waals surface area contributed by atoms with Gasteiger partial charge in [-0.25, -0.2) is 0 Å². The molecule has 2 atom stereocenters. The number of amides is 1. The molecule has 3 aliphatic heterocycles. The van der Waals surface area contributed by atoms with Crippen molar-refractivity contribution in [1.82, 2.24) is 9.80 Å². The maximum atomic E-state index is 12.8. The Bertz CT molecular complexity index is 750. The van der Waals surface area contributed by atoms with Gasteiger partial charge < -0.3 is 9.64 Å². The summed E-state index contributed by atoms with van der Waals surface area (Å²) in [4.78, 5) is 17.5. The number of piperidine rings is 1. The molecule has 3 heterocycles. The molecule has 0 spiro atoms. The Labute approximate surface area is 168 Å². The van der Waals surface area contributed by atoms with Crippen LogP contribution in [0, 0.1) is 5.92 Å². The fourth-order valence-electron chi connectivity index (χ4n) is 4.48. The monoisotopic (exact) mass is 378 g/mol. The molecule has 0 radical (unpaired) electrons. The van der Waals surface area contributed by atoms with Gasteiger partial charge in [-0.3, -0.25) is 9.69 Å². The van der Waals surface area contributed by atoms with Crippen LogP contribution in [-0.2, 0) is 11.3 Å². The molecular weight excluding hydrogens is 348 g/mol. The Hall–Kier alpha value is -2.33. The van der Waals surface area contributed by atoms with E-state index in [0.29, 0.717) is 25.0 Å². The van der Waals surface area contributed by atoms with E-state index in [2.05, 4.69) is 40.1 Å². The first-order valence-corrected chi connectivity index (χ1v) is 10.5. The minimum absolute atomic E-state index is 0.287. The smallest absolute Gasteiger partial charge is 0.222 e. The van der Waals surface area contributed by atoms with Crippen LogP contribution in [0.5, 0.6) is 5.75 Å². The van der Waals surface area contributed by atoms with Gasteiger partial charge in [0.05, 0.1) is 6.61 Å². The van der Waals surface area contributed by atoms with Crippen molar-refractivity contribution in [2.75, 3.05) is 26.2 Å². The van der Waals surface area contributed by atoms with E-state index in [9.17, 15) is 4.79 Å². The van der Waals surface area contributed by atoms with E-state index in [1.54, 1.807) is 0 Å². The highest BCUT2D eigenvalue weighted by molar-refractivity contribution is 5.76. The molecule has 5 rings (SSSR count). The molecule has 4 nitrogen and oxygen atoms in total. The van der Waals surface area contributed by atoms with E-state index in [1.165, 1.54) is 18.4 Å². The van der Waals surface area contributed by atoms with Crippen LogP contribution in [0.2, 0.25) is 0 Å². The summed E-state index contributed by atoms with van der Waals surface area (Å²) in [6.07, 6.45) is 3.80. The fourth-order valence-corrected chi connectivity index (χ4v) is 4.48. The second-order valence-corrected chi connectivity index (χ2v) is 8.08. The molecule has 0 saturated carbocycles. The third kappa shape index (κ3) is 4.93. The number of hydrogen-bond acceptors (Lipinski definition) is 3. The first kappa shape index (κ1) is 19.0. The molecule has 0 unspecified atom stereocenters. The number of nitrogens with zero attached hydrogens (tertiary/aromatic N) is 2. The molecule has 0 aliphatic carbocycles. The van der Waals surface area contributed by atoms with Gasteiger partial charge in [0.2, 0.25) is 5.91 Å². The summed E-state index contributed by atoms with van der Waals surface area (Å²) >= 11 is 0. The van der Waals surface area contributed by atoms with E-state index in [-0.39, 0.29) is 5.91 Å². The highest BCUT2D eigenvalue weighted by atomic mass is 16.5. The molecule has 1 amide bonds. The van der Waals surface area contributed by atoms with E-state index in [4.69, 9.17) is 4.74 Å². The van der Waals surface area contributed by atoms with Gasteiger partial charge in [0.25, 0.3) is 0 Å². The lowest BCUT2D eigenvalue weighted by Crippen LogP contribution is -2.43. The van der Waals surface area contributed by atoms with Crippen LogP contribution in [0.15, 0.2) is 60.7 Å². The Morgan fingerprint density at radius 1 is 0.929 bits per heavy atom. The molecule has 0 aromatic heterocycles. The van der Waals surface area contributed by atoms with Crippen molar-refractivity contribution in [3.05, 3.63) is 66.2 Å². The number of ether oxygens (including phenoxy) is 1. The van der Waals surface area contributed by atoms with Crippen molar-refractivity contribution in [2.45, 2.75) is 38.3 Å². The standard InChI is InChI=1S/C24H30N2O2/c27-24(12-7-15-28-23-10-5-2-6-11-23)26-18-21-13-14-22(19-26)25(17-21)16-20-8-3-1-4-9-20/h1-6,8-11,21-22H,7,12-19H2/t21-,22-/m1/s1. The Morgan fingerprint density at radius 2 is 1.68 bits per heavy atom. The number of rotatable bonds is 7. The van der Waals surface area contributed by atoms with Crippen LogP contribution in [-0.4, -0.2) is 48.0 Å². The van der Waals surface area contributed by atoms with Crippen molar-refractivity contribution in [2.24, 2.45) is 5.92 Å². The van der Waals surface area contributed by atoms with Crippen molar-refractivity contribution >= 4 is 5.91 Å². The first-order chi connectivity index (χ1) is 13.8. The normalized spacial score (nSPS) is 22.1. The maximum absolute atomic E-state index is 12.8. The predicted molar refractivity (Wildman–Crippen MR) is 111 cm³/mol. The van der Waals surface area contributed by atoms with Gasteiger partial charge in [-0.1, -0.05) is 48.5 Å². The van der Waals surface area contributed by atoms with Crippen molar-refractivity contribution in [3.63, 3.8) is 0 Å². The minimum Gasteiger partial charge on any atom is -0.494 e. The Morgan fingerprint density at radius 3 is 2.46 bits per heavy atom. The number of carbonyl (C=O) groups is 1. The molecular formula is C24H30N2O2. The van der Waals surface area contributed by atoms with Crippen LogP contribution in [0.1, 0.15) is 31.2 Å². The quantitative estimate of drug-likeness (QED) is 0.684. The molecule has 2 aromatic rings. The van der Waals surface area contributed by atoms with Gasteiger partial charge in [0.1, 0.15) is 5.75 Å². The zero-order valence-corrected chi connectivity index (χ0v) is 16.5. The molecule has 3 saturated heterocycles. The second kappa shape index (κ2) is 9.24. The summed E-state index contributed by atoms with van der Waals surface area (Å²) in [7, 11) is 0. The average molecular weight is 379 g/mol. The summed E-state index contributed by atoms with van der Waals surface area (Å²) < 4.78 is 5.73. The molecule has 3 aliphatic rings. The van der Waals surface area contributed by atoms with Gasteiger partial charge in [-0.2, -0.15) is 0 Å². The summed E-state index contributed by atoms with van der Waals surface area (Å²) in [5, 5.41) is 0. The number of benzene rings is 2. The van der Waals surface area contributed by atoms with Gasteiger partial charge >= 0.3 is 0 Å². The zero-order valence-electron chi connectivity index (χ0n) is 16.5. The Kier molecular flexibility index (Phi) is 6.27. The van der Waals surface area contributed by atoms with Crippen LogP contribution >= 0.6 is 0 Å². The molecule has 28 heavy (non-hydrogen) atoms. The van der Waals surface area contributed by atoms with Crippen LogP contribution in [0.3, 0.4) is 0 Å². The molecule has 2 bridgehead atoms. The number of carbonyl (C=O) groups excluding carboxylic acids is 1.